The Labute approximate surface area is 119 Å². The maximum absolute atomic E-state index is 6.34. The molecule has 5 heteroatoms. The Morgan fingerprint density at radius 2 is 2.30 bits per heavy atom. The van der Waals surface area contributed by atoms with E-state index >= 15 is 0 Å². The van der Waals surface area contributed by atoms with Crippen molar-refractivity contribution in [2.75, 3.05) is 0 Å². The third-order valence-corrected chi connectivity index (χ3v) is 4.22. The van der Waals surface area contributed by atoms with Crippen molar-refractivity contribution in [1.29, 1.82) is 0 Å². The maximum atomic E-state index is 6.34. The van der Waals surface area contributed by atoms with Crippen molar-refractivity contribution in [3.05, 3.63) is 35.2 Å². The standard InChI is InChI=1S/C15H22N4O/c1-10-6-11-12(16)7-15(2,3)8-13(11)19(10)5-4-14-17-9-18-20-14/h6,9,12H,4-5,7-8,16H2,1-3H3. The second kappa shape index (κ2) is 4.74. The second-order valence-electron chi connectivity index (χ2n) is 6.58. The van der Waals surface area contributed by atoms with Gasteiger partial charge in [-0.15, -0.1) is 0 Å². The highest BCUT2D eigenvalue weighted by molar-refractivity contribution is 5.34. The highest BCUT2D eigenvalue weighted by Gasteiger charge is 2.33. The molecule has 1 unspecified atom stereocenters. The first-order chi connectivity index (χ1) is 9.46. The van der Waals surface area contributed by atoms with Crippen molar-refractivity contribution in [3.8, 4) is 0 Å². The van der Waals surface area contributed by atoms with Crippen LogP contribution in [0.5, 0.6) is 0 Å². The Morgan fingerprint density at radius 3 is 3.00 bits per heavy atom. The van der Waals surface area contributed by atoms with E-state index in [1.165, 1.54) is 23.3 Å². The molecule has 20 heavy (non-hydrogen) atoms. The molecular formula is C15H22N4O. The molecule has 0 aromatic carbocycles. The summed E-state index contributed by atoms with van der Waals surface area (Å²) in [6, 6.07) is 2.39. The normalized spacial score (nSPS) is 20.9. The molecule has 2 aromatic heterocycles. The number of hydrogen-bond acceptors (Lipinski definition) is 4. The topological polar surface area (TPSA) is 69.9 Å². The zero-order valence-corrected chi connectivity index (χ0v) is 12.4. The number of fused-ring (bicyclic) bond motifs is 1. The SMILES string of the molecule is Cc1cc2c(n1CCc1ncno1)CC(C)(C)CC2N. The van der Waals surface area contributed by atoms with Gasteiger partial charge in [-0.05, 0) is 36.8 Å². The fourth-order valence-corrected chi connectivity index (χ4v) is 3.33. The third-order valence-electron chi connectivity index (χ3n) is 4.22. The lowest BCUT2D eigenvalue weighted by atomic mass is 9.74. The minimum absolute atomic E-state index is 0.150. The van der Waals surface area contributed by atoms with Gasteiger partial charge >= 0.3 is 0 Å². The number of aromatic nitrogens is 3. The van der Waals surface area contributed by atoms with Crippen LogP contribution in [-0.4, -0.2) is 14.7 Å². The Hall–Kier alpha value is -1.62. The van der Waals surface area contributed by atoms with Crippen LogP contribution in [0.15, 0.2) is 16.9 Å². The number of nitrogens with zero attached hydrogens (tertiary/aromatic N) is 3. The van der Waals surface area contributed by atoms with E-state index in [2.05, 4.69) is 41.5 Å². The van der Waals surface area contributed by atoms with E-state index < -0.39 is 0 Å². The molecule has 108 valence electrons. The van der Waals surface area contributed by atoms with Crippen LogP contribution in [0.1, 0.15) is 49.2 Å². The Kier molecular flexibility index (Phi) is 3.17. The van der Waals surface area contributed by atoms with Crippen molar-refractivity contribution >= 4 is 0 Å². The molecule has 2 heterocycles. The molecule has 0 aliphatic heterocycles. The lowest BCUT2D eigenvalue weighted by Crippen LogP contribution is -2.30. The van der Waals surface area contributed by atoms with Gasteiger partial charge in [0.15, 0.2) is 6.33 Å². The largest absolute Gasteiger partial charge is 0.348 e. The van der Waals surface area contributed by atoms with Gasteiger partial charge in [-0.3, -0.25) is 0 Å². The van der Waals surface area contributed by atoms with E-state index in [1.807, 2.05) is 0 Å². The summed E-state index contributed by atoms with van der Waals surface area (Å²) in [4.78, 5) is 4.09. The van der Waals surface area contributed by atoms with E-state index in [9.17, 15) is 0 Å². The molecule has 1 aliphatic rings. The molecule has 0 saturated heterocycles. The first-order valence-electron chi connectivity index (χ1n) is 7.16. The Balaban J connectivity index is 1.88. The van der Waals surface area contributed by atoms with Gasteiger partial charge in [0.1, 0.15) is 0 Å². The molecule has 0 saturated carbocycles. The second-order valence-corrected chi connectivity index (χ2v) is 6.58. The molecule has 5 nitrogen and oxygen atoms in total. The molecule has 0 fully saturated rings. The van der Waals surface area contributed by atoms with Gasteiger partial charge < -0.3 is 14.8 Å². The zero-order chi connectivity index (χ0) is 14.3. The smallest absolute Gasteiger partial charge is 0.228 e. The van der Waals surface area contributed by atoms with Crippen LogP contribution in [-0.2, 0) is 19.4 Å². The predicted molar refractivity (Wildman–Crippen MR) is 76.2 cm³/mol. The lowest BCUT2D eigenvalue weighted by molar-refractivity contribution is 0.274. The fourth-order valence-electron chi connectivity index (χ4n) is 3.33. The average molecular weight is 274 g/mol. The quantitative estimate of drug-likeness (QED) is 0.933. The summed E-state index contributed by atoms with van der Waals surface area (Å²) >= 11 is 0. The number of aryl methyl sites for hydroxylation is 2. The average Bonchev–Trinajstić information content (AvgIpc) is 2.94. The molecular weight excluding hydrogens is 252 g/mol. The summed E-state index contributed by atoms with van der Waals surface area (Å²) in [5.41, 5.74) is 10.6. The van der Waals surface area contributed by atoms with Crippen LogP contribution in [0.2, 0.25) is 0 Å². The molecule has 2 aromatic rings. The van der Waals surface area contributed by atoms with Gasteiger partial charge in [-0.1, -0.05) is 19.0 Å². The lowest BCUT2D eigenvalue weighted by Gasteiger charge is -2.34. The molecule has 0 amide bonds. The van der Waals surface area contributed by atoms with Gasteiger partial charge in [0.2, 0.25) is 5.89 Å². The number of nitrogens with two attached hydrogens (primary N) is 1. The highest BCUT2D eigenvalue weighted by atomic mass is 16.5. The van der Waals surface area contributed by atoms with Crippen LogP contribution in [0, 0.1) is 12.3 Å². The van der Waals surface area contributed by atoms with Gasteiger partial charge in [0.25, 0.3) is 0 Å². The number of rotatable bonds is 3. The Morgan fingerprint density at radius 1 is 1.50 bits per heavy atom. The molecule has 0 spiro atoms. The molecule has 1 atom stereocenters. The summed E-state index contributed by atoms with van der Waals surface area (Å²) in [6.45, 7) is 7.60. The highest BCUT2D eigenvalue weighted by Crippen LogP contribution is 2.40. The summed E-state index contributed by atoms with van der Waals surface area (Å²) in [5.74, 6) is 0.686. The van der Waals surface area contributed by atoms with E-state index in [4.69, 9.17) is 10.3 Å². The monoisotopic (exact) mass is 274 g/mol. The molecule has 3 rings (SSSR count). The minimum Gasteiger partial charge on any atom is -0.348 e. The summed E-state index contributed by atoms with van der Waals surface area (Å²) in [7, 11) is 0. The maximum Gasteiger partial charge on any atom is 0.228 e. The van der Waals surface area contributed by atoms with E-state index in [-0.39, 0.29) is 11.5 Å². The first-order valence-corrected chi connectivity index (χ1v) is 7.16. The summed E-state index contributed by atoms with van der Waals surface area (Å²) < 4.78 is 7.44. The van der Waals surface area contributed by atoms with Crippen molar-refractivity contribution in [2.24, 2.45) is 11.1 Å². The summed E-state index contributed by atoms with van der Waals surface area (Å²) in [5, 5.41) is 3.65. The van der Waals surface area contributed by atoms with E-state index in [0.717, 1.165) is 25.8 Å². The van der Waals surface area contributed by atoms with Crippen LogP contribution in [0.4, 0.5) is 0 Å². The molecule has 0 radical (unpaired) electrons. The van der Waals surface area contributed by atoms with Crippen molar-refractivity contribution < 1.29 is 4.52 Å². The first kappa shape index (κ1) is 13.4. The molecule has 2 N–H and O–H groups in total. The van der Waals surface area contributed by atoms with Crippen LogP contribution in [0.3, 0.4) is 0 Å². The minimum atomic E-state index is 0.150. The van der Waals surface area contributed by atoms with Crippen molar-refractivity contribution in [3.63, 3.8) is 0 Å². The zero-order valence-electron chi connectivity index (χ0n) is 12.4. The van der Waals surface area contributed by atoms with Gasteiger partial charge in [-0.25, -0.2) is 0 Å². The van der Waals surface area contributed by atoms with Gasteiger partial charge in [-0.2, -0.15) is 4.98 Å². The van der Waals surface area contributed by atoms with Gasteiger partial charge in [0.05, 0.1) is 0 Å². The van der Waals surface area contributed by atoms with Crippen LogP contribution in [0.25, 0.3) is 0 Å². The van der Waals surface area contributed by atoms with Crippen LogP contribution < -0.4 is 5.73 Å². The van der Waals surface area contributed by atoms with E-state index in [0.29, 0.717) is 5.89 Å². The fraction of sp³-hybridized carbons (Fsp3) is 0.600. The van der Waals surface area contributed by atoms with Crippen molar-refractivity contribution in [2.45, 2.75) is 52.6 Å². The molecule has 0 bridgehead atoms. The van der Waals surface area contributed by atoms with Crippen molar-refractivity contribution in [1.82, 2.24) is 14.7 Å². The van der Waals surface area contributed by atoms with E-state index in [1.54, 1.807) is 0 Å². The van der Waals surface area contributed by atoms with Gasteiger partial charge in [0, 0.05) is 30.4 Å². The van der Waals surface area contributed by atoms with Crippen LogP contribution >= 0.6 is 0 Å². The molecule has 1 aliphatic carbocycles. The summed E-state index contributed by atoms with van der Waals surface area (Å²) in [6.07, 6.45) is 4.34. The third kappa shape index (κ3) is 2.38. The predicted octanol–water partition coefficient (Wildman–Crippen LogP) is 2.39. The number of hydrogen-bond donors (Lipinski definition) is 1. The Bertz CT molecular complexity index is 598.